The number of rotatable bonds is 2. The first-order valence-electron chi connectivity index (χ1n) is 6.24. The second-order valence-corrected chi connectivity index (χ2v) is 6.16. The van der Waals surface area contributed by atoms with E-state index >= 15 is 0 Å². The van der Waals surface area contributed by atoms with E-state index in [1.165, 1.54) is 0 Å². The summed E-state index contributed by atoms with van der Waals surface area (Å²) >= 11 is 6.04. The Morgan fingerprint density at radius 1 is 1.50 bits per heavy atom. The fourth-order valence-electron chi connectivity index (χ4n) is 2.55. The van der Waals surface area contributed by atoms with E-state index in [0.29, 0.717) is 21.7 Å². The standard InChI is InChI=1S/C14H19ClN2O/c1-14(2)7-6-9(8-14)17-13(18)10-4-3-5-11(16)12(10)15/h3-5,9H,6-8,16H2,1-2H3,(H,17,18). The van der Waals surface area contributed by atoms with Crippen LogP contribution >= 0.6 is 11.6 Å². The number of hydrogen-bond donors (Lipinski definition) is 2. The lowest BCUT2D eigenvalue weighted by Crippen LogP contribution is -2.33. The Morgan fingerprint density at radius 3 is 2.83 bits per heavy atom. The fraction of sp³-hybridized carbons (Fsp3) is 0.500. The van der Waals surface area contributed by atoms with E-state index in [0.717, 1.165) is 19.3 Å². The second kappa shape index (κ2) is 4.81. The van der Waals surface area contributed by atoms with Crippen molar-refractivity contribution in [2.45, 2.75) is 39.2 Å². The molecule has 0 bridgehead atoms. The lowest BCUT2D eigenvalue weighted by Gasteiger charge is -2.18. The van der Waals surface area contributed by atoms with E-state index < -0.39 is 0 Å². The third-order valence-electron chi connectivity index (χ3n) is 3.58. The van der Waals surface area contributed by atoms with Crippen molar-refractivity contribution in [2.24, 2.45) is 5.41 Å². The zero-order chi connectivity index (χ0) is 13.3. The van der Waals surface area contributed by atoms with Gasteiger partial charge in [0, 0.05) is 6.04 Å². The summed E-state index contributed by atoms with van der Waals surface area (Å²) in [6, 6.07) is 5.38. The van der Waals surface area contributed by atoms with Crippen LogP contribution in [0, 0.1) is 5.41 Å². The monoisotopic (exact) mass is 266 g/mol. The summed E-state index contributed by atoms with van der Waals surface area (Å²) in [5.74, 6) is -0.130. The zero-order valence-corrected chi connectivity index (χ0v) is 11.6. The van der Waals surface area contributed by atoms with Gasteiger partial charge in [-0.3, -0.25) is 4.79 Å². The van der Waals surface area contributed by atoms with E-state index in [1.54, 1.807) is 18.2 Å². The minimum absolute atomic E-state index is 0.130. The van der Waals surface area contributed by atoms with Gasteiger partial charge in [0.15, 0.2) is 0 Å². The molecule has 4 heteroatoms. The average molecular weight is 267 g/mol. The van der Waals surface area contributed by atoms with Gasteiger partial charge >= 0.3 is 0 Å². The third-order valence-corrected chi connectivity index (χ3v) is 4.00. The molecular weight excluding hydrogens is 248 g/mol. The zero-order valence-electron chi connectivity index (χ0n) is 10.8. The molecular formula is C14H19ClN2O. The van der Waals surface area contributed by atoms with E-state index in [4.69, 9.17) is 17.3 Å². The highest BCUT2D eigenvalue weighted by Crippen LogP contribution is 2.37. The minimum atomic E-state index is -0.130. The molecule has 98 valence electrons. The number of amides is 1. The average Bonchev–Trinajstić information content (AvgIpc) is 2.62. The molecule has 1 saturated carbocycles. The number of benzene rings is 1. The van der Waals surface area contributed by atoms with Crippen LogP contribution in [0.3, 0.4) is 0 Å². The highest BCUT2D eigenvalue weighted by molar-refractivity contribution is 6.36. The number of carbonyl (C=O) groups excluding carboxylic acids is 1. The third kappa shape index (κ3) is 2.78. The topological polar surface area (TPSA) is 55.1 Å². The molecule has 0 heterocycles. The highest BCUT2D eigenvalue weighted by atomic mass is 35.5. The second-order valence-electron chi connectivity index (χ2n) is 5.79. The normalized spacial score (nSPS) is 21.8. The minimum Gasteiger partial charge on any atom is -0.398 e. The molecule has 18 heavy (non-hydrogen) atoms. The van der Waals surface area contributed by atoms with Crippen LogP contribution in [0.5, 0.6) is 0 Å². The van der Waals surface area contributed by atoms with Gasteiger partial charge in [-0.2, -0.15) is 0 Å². The number of nitrogens with two attached hydrogens (primary N) is 1. The molecule has 1 aliphatic rings. The summed E-state index contributed by atoms with van der Waals surface area (Å²) < 4.78 is 0. The van der Waals surface area contributed by atoms with Gasteiger partial charge < -0.3 is 11.1 Å². The van der Waals surface area contributed by atoms with Crippen molar-refractivity contribution < 1.29 is 4.79 Å². The number of hydrogen-bond acceptors (Lipinski definition) is 2. The van der Waals surface area contributed by atoms with Crippen molar-refractivity contribution in [1.29, 1.82) is 0 Å². The van der Waals surface area contributed by atoms with Crippen molar-refractivity contribution in [1.82, 2.24) is 5.32 Å². The van der Waals surface area contributed by atoms with Crippen molar-refractivity contribution in [2.75, 3.05) is 5.73 Å². The van der Waals surface area contributed by atoms with Crippen molar-refractivity contribution in [3.63, 3.8) is 0 Å². The van der Waals surface area contributed by atoms with Gasteiger partial charge in [-0.05, 0) is 36.8 Å². The Hall–Kier alpha value is -1.22. The summed E-state index contributed by atoms with van der Waals surface area (Å²) in [5, 5.41) is 3.38. The predicted molar refractivity (Wildman–Crippen MR) is 74.8 cm³/mol. The molecule has 0 spiro atoms. The van der Waals surface area contributed by atoms with Crippen molar-refractivity contribution >= 4 is 23.2 Å². The molecule has 3 N–H and O–H groups in total. The maximum atomic E-state index is 12.1. The molecule has 1 atom stereocenters. The maximum Gasteiger partial charge on any atom is 0.253 e. The summed E-state index contributed by atoms with van der Waals surface area (Å²) in [7, 11) is 0. The molecule has 0 saturated heterocycles. The number of halogens is 1. The fourth-order valence-corrected chi connectivity index (χ4v) is 2.76. The van der Waals surface area contributed by atoms with E-state index in [-0.39, 0.29) is 11.9 Å². The molecule has 0 aromatic heterocycles. The predicted octanol–water partition coefficient (Wildman–Crippen LogP) is 3.23. The molecule has 1 unspecified atom stereocenters. The van der Waals surface area contributed by atoms with Crippen LogP contribution in [0.15, 0.2) is 18.2 Å². The van der Waals surface area contributed by atoms with Crippen LogP contribution in [-0.4, -0.2) is 11.9 Å². The SMILES string of the molecule is CC1(C)CCC(NC(=O)c2cccc(N)c2Cl)C1. The molecule has 2 rings (SSSR count). The number of nitrogen functional groups attached to an aromatic ring is 1. The van der Waals surface area contributed by atoms with E-state index in [9.17, 15) is 4.79 Å². The first kappa shape index (κ1) is 13.2. The Bertz CT molecular complexity index is 471. The van der Waals surface area contributed by atoms with Crippen LogP contribution in [0.25, 0.3) is 0 Å². The summed E-state index contributed by atoms with van der Waals surface area (Å²) in [5.41, 5.74) is 6.92. The Morgan fingerprint density at radius 2 is 2.22 bits per heavy atom. The number of carbonyl (C=O) groups is 1. The lowest BCUT2D eigenvalue weighted by molar-refractivity contribution is 0.0936. The van der Waals surface area contributed by atoms with Crippen LogP contribution in [0.4, 0.5) is 5.69 Å². The maximum absolute atomic E-state index is 12.1. The lowest BCUT2D eigenvalue weighted by atomic mass is 9.92. The smallest absolute Gasteiger partial charge is 0.253 e. The molecule has 1 aromatic rings. The molecule has 1 aromatic carbocycles. The van der Waals surface area contributed by atoms with Crippen LogP contribution in [0.2, 0.25) is 5.02 Å². The number of nitrogens with one attached hydrogen (secondary N) is 1. The van der Waals surface area contributed by atoms with Crippen LogP contribution < -0.4 is 11.1 Å². The molecule has 3 nitrogen and oxygen atoms in total. The highest BCUT2D eigenvalue weighted by Gasteiger charge is 2.32. The Kier molecular flexibility index (Phi) is 3.53. The van der Waals surface area contributed by atoms with Gasteiger partial charge in [-0.15, -0.1) is 0 Å². The Labute approximate surface area is 113 Å². The van der Waals surface area contributed by atoms with Gasteiger partial charge in [0.25, 0.3) is 5.91 Å². The van der Waals surface area contributed by atoms with Crippen LogP contribution in [-0.2, 0) is 0 Å². The molecule has 1 aliphatic carbocycles. The summed E-state index contributed by atoms with van der Waals surface area (Å²) in [4.78, 5) is 12.1. The van der Waals surface area contributed by atoms with Crippen LogP contribution in [0.1, 0.15) is 43.5 Å². The number of anilines is 1. The van der Waals surface area contributed by atoms with Gasteiger partial charge in [0.2, 0.25) is 0 Å². The first-order valence-corrected chi connectivity index (χ1v) is 6.62. The quantitative estimate of drug-likeness (QED) is 0.808. The van der Waals surface area contributed by atoms with Gasteiger partial charge in [0.05, 0.1) is 16.3 Å². The van der Waals surface area contributed by atoms with E-state index in [1.807, 2.05) is 0 Å². The molecule has 1 amide bonds. The van der Waals surface area contributed by atoms with Gasteiger partial charge in [0.1, 0.15) is 0 Å². The first-order chi connectivity index (χ1) is 8.39. The van der Waals surface area contributed by atoms with Crippen molar-refractivity contribution in [3.8, 4) is 0 Å². The largest absolute Gasteiger partial charge is 0.398 e. The van der Waals surface area contributed by atoms with E-state index in [2.05, 4.69) is 19.2 Å². The Balaban J connectivity index is 2.07. The molecule has 0 radical (unpaired) electrons. The summed E-state index contributed by atoms with van der Waals surface area (Å²) in [6.45, 7) is 4.46. The molecule has 0 aliphatic heterocycles. The van der Waals surface area contributed by atoms with Crippen molar-refractivity contribution in [3.05, 3.63) is 28.8 Å². The molecule has 1 fully saturated rings. The van der Waals surface area contributed by atoms with Gasteiger partial charge in [-0.25, -0.2) is 0 Å². The summed E-state index contributed by atoms with van der Waals surface area (Å²) in [6.07, 6.45) is 3.18. The van der Waals surface area contributed by atoms with Gasteiger partial charge in [-0.1, -0.05) is 31.5 Å².